The number of carboxylic acids is 1. The predicted molar refractivity (Wildman–Crippen MR) is 49.4 cm³/mol. The highest BCUT2D eigenvalue weighted by molar-refractivity contribution is 5.67. The van der Waals surface area contributed by atoms with Crippen LogP contribution in [0.1, 0.15) is 32.1 Å². The zero-order valence-electron chi connectivity index (χ0n) is 7.65. The van der Waals surface area contributed by atoms with Crippen molar-refractivity contribution in [1.29, 1.82) is 0 Å². The maximum atomic E-state index is 10.5. The summed E-state index contributed by atoms with van der Waals surface area (Å²) in [7, 11) is 0. The smallest absolute Gasteiger partial charge is 0.304 e. The Kier molecular flexibility index (Phi) is 3.96. The van der Waals surface area contributed by atoms with Crippen molar-refractivity contribution in [1.82, 2.24) is 0 Å². The molecule has 3 nitrogen and oxygen atoms in total. The summed E-state index contributed by atoms with van der Waals surface area (Å²) in [6.45, 7) is 0. The van der Waals surface area contributed by atoms with Crippen molar-refractivity contribution >= 4 is 5.97 Å². The van der Waals surface area contributed by atoms with Gasteiger partial charge in [-0.05, 0) is 19.3 Å². The molecular weight excluding hydrogens is 168 g/mol. The molecule has 0 spiro atoms. The first-order valence-electron chi connectivity index (χ1n) is 4.76. The standard InChI is InChI=1S/C10H16O3/c11-9-6-4-2-1-3-5-8(9)7-10(12)13/h3,5,8-9,11H,1-2,4,6-7H2,(H,12,13)/b5-3-. The molecule has 0 aromatic heterocycles. The van der Waals surface area contributed by atoms with Crippen LogP contribution in [0.2, 0.25) is 0 Å². The summed E-state index contributed by atoms with van der Waals surface area (Å²) < 4.78 is 0. The van der Waals surface area contributed by atoms with E-state index in [1.54, 1.807) is 0 Å². The van der Waals surface area contributed by atoms with E-state index in [1.807, 2.05) is 12.2 Å². The molecule has 2 atom stereocenters. The van der Waals surface area contributed by atoms with Gasteiger partial charge in [0.2, 0.25) is 0 Å². The number of allylic oxidation sites excluding steroid dienone is 1. The molecular formula is C10H16O3. The number of carboxylic acid groups (broad SMARTS) is 1. The molecule has 0 fully saturated rings. The van der Waals surface area contributed by atoms with Gasteiger partial charge < -0.3 is 10.2 Å². The van der Waals surface area contributed by atoms with Gasteiger partial charge in [-0.1, -0.05) is 18.6 Å². The van der Waals surface area contributed by atoms with Gasteiger partial charge in [-0.2, -0.15) is 0 Å². The Morgan fingerprint density at radius 2 is 2.23 bits per heavy atom. The third-order valence-corrected chi connectivity index (χ3v) is 2.41. The van der Waals surface area contributed by atoms with Gasteiger partial charge in [0.05, 0.1) is 12.5 Å². The molecule has 0 radical (unpaired) electrons. The van der Waals surface area contributed by atoms with E-state index in [0.717, 1.165) is 25.7 Å². The highest BCUT2D eigenvalue weighted by Crippen LogP contribution is 2.20. The van der Waals surface area contributed by atoms with Crippen molar-refractivity contribution in [3.8, 4) is 0 Å². The predicted octanol–water partition coefficient (Wildman–Crippen LogP) is 1.57. The Morgan fingerprint density at radius 1 is 1.46 bits per heavy atom. The number of hydrogen-bond donors (Lipinski definition) is 2. The Bertz CT molecular complexity index is 198. The molecule has 13 heavy (non-hydrogen) atoms. The molecule has 1 aliphatic rings. The van der Waals surface area contributed by atoms with Crippen molar-refractivity contribution in [2.24, 2.45) is 5.92 Å². The van der Waals surface area contributed by atoms with E-state index >= 15 is 0 Å². The molecule has 1 rings (SSSR count). The van der Waals surface area contributed by atoms with Gasteiger partial charge in [-0.3, -0.25) is 4.79 Å². The summed E-state index contributed by atoms with van der Waals surface area (Å²) in [5, 5.41) is 18.2. The summed E-state index contributed by atoms with van der Waals surface area (Å²) in [4.78, 5) is 10.5. The van der Waals surface area contributed by atoms with Gasteiger partial charge in [-0.15, -0.1) is 0 Å². The van der Waals surface area contributed by atoms with E-state index in [0.29, 0.717) is 0 Å². The lowest BCUT2D eigenvalue weighted by molar-refractivity contribution is -0.138. The largest absolute Gasteiger partial charge is 0.481 e. The van der Waals surface area contributed by atoms with E-state index in [2.05, 4.69) is 0 Å². The quantitative estimate of drug-likeness (QED) is 0.640. The maximum Gasteiger partial charge on any atom is 0.304 e. The highest BCUT2D eigenvalue weighted by Gasteiger charge is 2.19. The van der Waals surface area contributed by atoms with E-state index in [1.165, 1.54) is 0 Å². The molecule has 0 bridgehead atoms. The van der Waals surface area contributed by atoms with E-state index < -0.39 is 12.1 Å². The summed E-state index contributed by atoms with van der Waals surface area (Å²) in [5.74, 6) is -1.04. The fourth-order valence-electron chi connectivity index (χ4n) is 1.63. The molecule has 1 aliphatic carbocycles. The van der Waals surface area contributed by atoms with Crippen LogP contribution < -0.4 is 0 Å². The number of aliphatic hydroxyl groups excluding tert-OH is 1. The monoisotopic (exact) mass is 184 g/mol. The molecule has 3 heteroatoms. The molecule has 74 valence electrons. The number of aliphatic hydroxyl groups is 1. The summed E-state index contributed by atoms with van der Waals surface area (Å²) >= 11 is 0. The van der Waals surface area contributed by atoms with Crippen molar-refractivity contribution in [3.63, 3.8) is 0 Å². The molecule has 0 amide bonds. The zero-order valence-corrected chi connectivity index (χ0v) is 7.65. The minimum Gasteiger partial charge on any atom is -0.481 e. The lowest BCUT2D eigenvalue weighted by Gasteiger charge is -2.19. The molecule has 0 aromatic carbocycles. The molecule has 0 aromatic rings. The third-order valence-electron chi connectivity index (χ3n) is 2.41. The second-order valence-corrected chi connectivity index (χ2v) is 3.54. The van der Waals surface area contributed by atoms with Crippen LogP contribution >= 0.6 is 0 Å². The summed E-state index contributed by atoms with van der Waals surface area (Å²) in [6, 6.07) is 0. The molecule has 0 saturated carbocycles. The van der Waals surface area contributed by atoms with Gasteiger partial charge in [0.25, 0.3) is 0 Å². The minimum absolute atomic E-state index is 0.0394. The highest BCUT2D eigenvalue weighted by atomic mass is 16.4. The van der Waals surface area contributed by atoms with Gasteiger partial charge in [0, 0.05) is 5.92 Å². The molecule has 2 N–H and O–H groups in total. The molecule has 2 unspecified atom stereocenters. The van der Waals surface area contributed by atoms with Crippen LogP contribution in [0.5, 0.6) is 0 Å². The zero-order chi connectivity index (χ0) is 9.68. The fourth-order valence-corrected chi connectivity index (χ4v) is 1.63. The van der Waals surface area contributed by atoms with Crippen LogP contribution in [-0.2, 0) is 4.79 Å². The molecule has 0 heterocycles. The topological polar surface area (TPSA) is 57.5 Å². The van der Waals surface area contributed by atoms with Gasteiger partial charge in [0.15, 0.2) is 0 Å². The van der Waals surface area contributed by atoms with Crippen LogP contribution in [-0.4, -0.2) is 22.3 Å². The summed E-state index contributed by atoms with van der Waals surface area (Å²) in [6.07, 6.45) is 7.19. The van der Waals surface area contributed by atoms with Crippen molar-refractivity contribution < 1.29 is 15.0 Å². The third kappa shape index (κ3) is 3.59. The van der Waals surface area contributed by atoms with Gasteiger partial charge in [0.1, 0.15) is 0 Å². The first-order valence-corrected chi connectivity index (χ1v) is 4.76. The van der Waals surface area contributed by atoms with Crippen LogP contribution in [0, 0.1) is 5.92 Å². The van der Waals surface area contributed by atoms with Crippen LogP contribution in [0.3, 0.4) is 0 Å². The first-order chi connectivity index (χ1) is 6.20. The van der Waals surface area contributed by atoms with Crippen LogP contribution in [0.15, 0.2) is 12.2 Å². The van der Waals surface area contributed by atoms with E-state index in [9.17, 15) is 9.90 Å². The Labute approximate surface area is 78.1 Å². The Balaban J connectivity index is 2.54. The van der Waals surface area contributed by atoms with Crippen molar-refractivity contribution in [3.05, 3.63) is 12.2 Å². The lowest BCUT2D eigenvalue weighted by atomic mass is 9.91. The minimum atomic E-state index is -0.839. The Morgan fingerprint density at radius 3 is 2.92 bits per heavy atom. The van der Waals surface area contributed by atoms with Crippen LogP contribution in [0.25, 0.3) is 0 Å². The number of aliphatic carboxylic acids is 1. The first kappa shape index (κ1) is 10.3. The van der Waals surface area contributed by atoms with E-state index in [-0.39, 0.29) is 12.3 Å². The molecule has 0 saturated heterocycles. The van der Waals surface area contributed by atoms with Gasteiger partial charge >= 0.3 is 5.97 Å². The second-order valence-electron chi connectivity index (χ2n) is 3.54. The van der Waals surface area contributed by atoms with Crippen molar-refractivity contribution in [2.45, 2.75) is 38.2 Å². The lowest BCUT2D eigenvalue weighted by Crippen LogP contribution is -2.22. The van der Waals surface area contributed by atoms with Crippen molar-refractivity contribution in [2.75, 3.05) is 0 Å². The maximum absolute atomic E-state index is 10.5. The normalized spacial score (nSPS) is 31.8. The molecule has 0 aliphatic heterocycles. The fraction of sp³-hybridized carbons (Fsp3) is 0.700. The Hall–Kier alpha value is -0.830. The number of rotatable bonds is 2. The van der Waals surface area contributed by atoms with Gasteiger partial charge in [-0.25, -0.2) is 0 Å². The number of hydrogen-bond acceptors (Lipinski definition) is 2. The average molecular weight is 184 g/mol. The van der Waals surface area contributed by atoms with Crippen LogP contribution in [0.4, 0.5) is 0 Å². The van der Waals surface area contributed by atoms with E-state index in [4.69, 9.17) is 5.11 Å². The second kappa shape index (κ2) is 5.02. The average Bonchev–Trinajstić information content (AvgIpc) is 2.04. The SMILES string of the molecule is O=C(O)CC1/C=C\CCCCC1O. The number of carbonyl (C=O) groups is 1. The summed E-state index contributed by atoms with van der Waals surface area (Å²) in [5.41, 5.74) is 0.